The van der Waals surface area contributed by atoms with Gasteiger partial charge in [0.25, 0.3) is 0 Å². The minimum absolute atomic E-state index is 1.00. The number of nitrogens with one attached hydrogen (secondary N) is 1. The highest BCUT2D eigenvalue weighted by atomic mass is 16.7. The number of rotatable bonds is 1. The molecule has 2 aliphatic rings. The Morgan fingerprint density at radius 2 is 2.55 bits per heavy atom. The molecule has 0 spiro atoms. The maximum Gasteiger partial charge on any atom is 0.135 e. The normalized spacial score (nSPS) is 24.5. The molecule has 0 atom stereocenters. The molecule has 0 saturated carbocycles. The Morgan fingerprint density at radius 1 is 1.64 bits per heavy atom. The second-order valence-corrected chi connectivity index (χ2v) is 2.84. The molecule has 2 aliphatic heterocycles. The SMILES string of the molecule is CCN1CCN2NOC=C2C1. The van der Waals surface area contributed by atoms with Gasteiger partial charge in [0.15, 0.2) is 0 Å². The molecule has 4 heteroatoms. The average molecular weight is 155 g/mol. The first kappa shape index (κ1) is 6.94. The second-order valence-electron chi connectivity index (χ2n) is 2.84. The fourth-order valence-corrected chi connectivity index (χ4v) is 1.41. The fourth-order valence-electron chi connectivity index (χ4n) is 1.41. The van der Waals surface area contributed by atoms with E-state index >= 15 is 0 Å². The third kappa shape index (κ3) is 1.19. The van der Waals surface area contributed by atoms with Gasteiger partial charge in [0.1, 0.15) is 6.26 Å². The molecule has 1 fully saturated rings. The Bertz CT molecular complexity index is 181. The van der Waals surface area contributed by atoms with Gasteiger partial charge in [0.2, 0.25) is 0 Å². The van der Waals surface area contributed by atoms with E-state index in [1.54, 1.807) is 6.26 Å². The number of likely N-dealkylation sites (N-methyl/N-ethyl adjacent to an activating group) is 1. The maximum absolute atomic E-state index is 4.97. The highest BCUT2D eigenvalue weighted by molar-refractivity contribution is 5.04. The first-order valence-electron chi connectivity index (χ1n) is 4.00. The summed E-state index contributed by atoms with van der Waals surface area (Å²) in [5.41, 5.74) is 4.05. The van der Waals surface area contributed by atoms with Crippen molar-refractivity contribution in [3.05, 3.63) is 12.0 Å². The van der Waals surface area contributed by atoms with Gasteiger partial charge in [-0.1, -0.05) is 12.5 Å². The van der Waals surface area contributed by atoms with Crippen LogP contribution in [0.1, 0.15) is 6.92 Å². The molecule has 0 amide bonds. The highest BCUT2D eigenvalue weighted by Crippen LogP contribution is 2.14. The first-order chi connectivity index (χ1) is 5.40. The van der Waals surface area contributed by atoms with Gasteiger partial charge in [-0.2, -0.15) is 0 Å². The Balaban J connectivity index is 2.00. The summed E-state index contributed by atoms with van der Waals surface area (Å²) in [5, 5.41) is 2.05. The van der Waals surface area contributed by atoms with E-state index in [1.165, 1.54) is 5.70 Å². The van der Waals surface area contributed by atoms with Crippen molar-refractivity contribution in [3.63, 3.8) is 0 Å². The predicted molar refractivity (Wildman–Crippen MR) is 41.1 cm³/mol. The smallest absolute Gasteiger partial charge is 0.135 e. The van der Waals surface area contributed by atoms with Gasteiger partial charge < -0.3 is 4.84 Å². The quantitative estimate of drug-likeness (QED) is 0.573. The van der Waals surface area contributed by atoms with Gasteiger partial charge in [0.05, 0.1) is 12.2 Å². The Labute approximate surface area is 66.3 Å². The summed E-state index contributed by atoms with van der Waals surface area (Å²) in [4.78, 5) is 7.36. The van der Waals surface area contributed by atoms with Crippen LogP contribution in [0.5, 0.6) is 0 Å². The van der Waals surface area contributed by atoms with Crippen molar-refractivity contribution in [1.82, 2.24) is 15.5 Å². The van der Waals surface area contributed by atoms with Crippen LogP contribution in [0.3, 0.4) is 0 Å². The summed E-state index contributed by atoms with van der Waals surface area (Å²) in [6, 6.07) is 0. The van der Waals surface area contributed by atoms with Gasteiger partial charge in [-0.05, 0) is 6.54 Å². The lowest BCUT2D eigenvalue weighted by atomic mass is 10.3. The Morgan fingerprint density at radius 3 is 3.36 bits per heavy atom. The Hall–Kier alpha value is -0.740. The minimum atomic E-state index is 1.00. The summed E-state index contributed by atoms with van der Waals surface area (Å²) in [5.74, 6) is 0. The van der Waals surface area contributed by atoms with Crippen LogP contribution in [0, 0.1) is 0 Å². The predicted octanol–water partition coefficient (Wildman–Crippen LogP) is -0.0849. The standard InChI is InChI=1S/C7H13N3O/c1-2-9-3-4-10-7(5-9)6-11-8-10/h6,8H,2-5H2,1H3. The molecule has 11 heavy (non-hydrogen) atoms. The molecule has 62 valence electrons. The molecule has 0 aromatic carbocycles. The third-order valence-electron chi connectivity index (χ3n) is 2.18. The summed E-state index contributed by atoms with van der Waals surface area (Å²) in [7, 11) is 0. The Kier molecular flexibility index (Phi) is 1.71. The van der Waals surface area contributed by atoms with Gasteiger partial charge in [-0.3, -0.25) is 9.91 Å². The zero-order chi connectivity index (χ0) is 7.68. The van der Waals surface area contributed by atoms with E-state index in [4.69, 9.17) is 4.84 Å². The van der Waals surface area contributed by atoms with E-state index < -0.39 is 0 Å². The summed E-state index contributed by atoms with van der Waals surface area (Å²) in [6.07, 6.45) is 1.78. The van der Waals surface area contributed by atoms with Crippen LogP contribution in [0.25, 0.3) is 0 Å². The molecule has 4 nitrogen and oxygen atoms in total. The molecule has 1 N–H and O–H groups in total. The summed E-state index contributed by atoms with van der Waals surface area (Å²) >= 11 is 0. The lowest BCUT2D eigenvalue weighted by molar-refractivity contribution is 0.0133. The van der Waals surface area contributed by atoms with Crippen molar-refractivity contribution < 1.29 is 4.84 Å². The van der Waals surface area contributed by atoms with Crippen LogP contribution < -0.4 is 5.59 Å². The van der Waals surface area contributed by atoms with Crippen molar-refractivity contribution in [2.45, 2.75) is 6.92 Å². The van der Waals surface area contributed by atoms with Crippen LogP contribution >= 0.6 is 0 Å². The highest BCUT2D eigenvalue weighted by Gasteiger charge is 2.23. The van der Waals surface area contributed by atoms with Crippen molar-refractivity contribution in [2.24, 2.45) is 0 Å². The van der Waals surface area contributed by atoms with Gasteiger partial charge in [-0.25, -0.2) is 0 Å². The number of hydrogen-bond acceptors (Lipinski definition) is 4. The molecule has 2 rings (SSSR count). The molecule has 2 heterocycles. The van der Waals surface area contributed by atoms with Gasteiger partial charge in [0, 0.05) is 13.1 Å². The molecule has 0 aromatic rings. The first-order valence-corrected chi connectivity index (χ1v) is 4.00. The van der Waals surface area contributed by atoms with E-state index in [9.17, 15) is 0 Å². The van der Waals surface area contributed by atoms with E-state index in [0.717, 1.165) is 26.2 Å². The maximum atomic E-state index is 4.97. The fraction of sp³-hybridized carbons (Fsp3) is 0.714. The van der Waals surface area contributed by atoms with Crippen LogP contribution in [0.15, 0.2) is 12.0 Å². The number of piperazine rings is 1. The van der Waals surface area contributed by atoms with Crippen LogP contribution in [0.2, 0.25) is 0 Å². The van der Waals surface area contributed by atoms with Crippen molar-refractivity contribution >= 4 is 0 Å². The number of fused-ring (bicyclic) bond motifs is 1. The van der Waals surface area contributed by atoms with Crippen molar-refractivity contribution in [3.8, 4) is 0 Å². The average Bonchev–Trinajstić information content (AvgIpc) is 2.50. The van der Waals surface area contributed by atoms with Gasteiger partial charge in [-0.15, -0.1) is 0 Å². The molecule has 0 unspecified atom stereocenters. The van der Waals surface area contributed by atoms with E-state index in [-0.39, 0.29) is 0 Å². The largest absolute Gasteiger partial charge is 0.395 e. The molecular formula is C7H13N3O. The molecule has 0 radical (unpaired) electrons. The lowest BCUT2D eigenvalue weighted by Crippen LogP contribution is -2.46. The van der Waals surface area contributed by atoms with Crippen molar-refractivity contribution in [1.29, 1.82) is 0 Å². The monoisotopic (exact) mass is 155 g/mol. The van der Waals surface area contributed by atoms with E-state index in [1.807, 2.05) is 5.01 Å². The molecule has 0 aliphatic carbocycles. The molecule has 1 saturated heterocycles. The number of nitrogens with zero attached hydrogens (tertiary/aromatic N) is 2. The van der Waals surface area contributed by atoms with E-state index in [2.05, 4.69) is 17.4 Å². The van der Waals surface area contributed by atoms with Crippen molar-refractivity contribution in [2.75, 3.05) is 26.2 Å². The second kappa shape index (κ2) is 2.71. The zero-order valence-corrected chi connectivity index (χ0v) is 6.71. The zero-order valence-electron chi connectivity index (χ0n) is 6.71. The van der Waals surface area contributed by atoms with Crippen LogP contribution in [0.4, 0.5) is 0 Å². The van der Waals surface area contributed by atoms with E-state index in [0.29, 0.717) is 0 Å². The minimum Gasteiger partial charge on any atom is -0.395 e. The van der Waals surface area contributed by atoms with Crippen LogP contribution in [-0.2, 0) is 4.84 Å². The molecular weight excluding hydrogens is 142 g/mol. The molecule has 0 bridgehead atoms. The van der Waals surface area contributed by atoms with Crippen LogP contribution in [-0.4, -0.2) is 36.1 Å². The topological polar surface area (TPSA) is 27.7 Å². The summed E-state index contributed by atoms with van der Waals surface area (Å²) in [6.45, 7) is 6.43. The number of hydrogen-bond donors (Lipinski definition) is 1. The lowest BCUT2D eigenvalue weighted by Gasteiger charge is -2.32. The third-order valence-corrected chi connectivity index (χ3v) is 2.18. The van der Waals surface area contributed by atoms with Gasteiger partial charge >= 0.3 is 0 Å². The number of hydrazine groups is 1. The molecule has 0 aromatic heterocycles. The summed E-state index contributed by atoms with van der Waals surface area (Å²) < 4.78 is 0.